The number of rotatable bonds is 5. The largest absolute Gasteiger partial charge is 0.350 e. The maximum Gasteiger partial charge on any atom is 0.252 e. The lowest BCUT2D eigenvalue weighted by Crippen LogP contribution is -2.37. The number of nitrogens with one attached hydrogen (secondary N) is 2. The van der Waals surface area contributed by atoms with Gasteiger partial charge in [0.15, 0.2) is 5.65 Å². The fourth-order valence-corrected chi connectivity index (χ4v) is 2.99. The van der Waals surface area contributed by atoms with Gasteiger partial charge in [-0.1, -0.05) is 0 Å². The molecule has 152 valence electrons. The van der Waals surface area contributed by atoms with E-state index in [1.54, 1.807) is 0 Å². The van der Waals surface area contributed by atoms with Crippen molar-refractivity contribution in [2.75, 3.05) is 13.6 Å². The number of amides is 1. The topological polar surface area (TPSA) is 71.8 Å². The predicted octanol–water partition coefficient (Wildman–Crippen LogP) is 3.55. The predicted molar refractivity (Wildman–Crippen MR) is 115 cm³/mol. The van der Waals surface area contributed by atoms with Gasteiger partial charge in [0.2, 0.25) is 0 Å². The highest BCUT2D eigenvalue weighted by Gasteiger charge is 2.30. The molecular formula is C19H31Cl2N5O. The summed E-state index contributed by atoms with van der Waals surface area (Å²) in [5.41, 5.74) is 3.21. The van der Waals surface area contributed by atoms with E-state index in [1.165, 1.54) is 0 Å². The second-order valence-electron chi connectivity index (χ2n) is 8.14. The van der Waals surface area contributed by atoms with Gasteiger partial charge in [-0.25, -0.2) is 9.67 Å². The number of hydrogen-bond donors (Lipinski definition) is 2. The Hall–Kier alpha value is -1.37. The van der Waals surface area contributed by atoms with Gasteiger partial charge in [0, 0.05) is 24.2 Å². The van der Waals surface area contributed by atoms with E-state index in [2.05, 4.69) is 31.4 Å². The Morgan fingerprint density at radius 1 is 1.33 bits per heavy atom. The minimum absolute atomic E-state index is 0. The van der Waals surface area contributed by atoms with Crippen molar-refractivity contribution in [3.8, 4) is 0 Å². The van der Waals surface area contributed by atoms with Crippen LogP contribution in [0.2, 0.25) is 0 Å². The van der Waals surface area contributed by atoms with E-state index in [9.17, 15) is 4.79 Å². The van der Waals surface area contributed by atoms with Crippen LogP contribution in [-0.2, 0) is 5.54 Å². The average molecular weight is 416 g/mol. The zero-order chi connectivity index (χ0) is 18.4. The summed E-state index contributed by atoms with van der Waals surface area (Å²) in [5.74, 6) is 0.434. The molecule has 2 heterocycles. The number of aryl methyl sites for hydroxylation is 1. The van der Waals surface area contributed by atoms with Gasteiger partial charge < -0.3 is 10.6 Å². The van der Waals surface area contributed by atoms with Crippen molar-refractivity contribution in [1.82, 2.24) is 25.4 Å². The van der Waals surface area contributed by atoms with E-state index in [1.807, 2.05) is 31.6 Å². The first kappa shape index (κ1) is 23.7. The highest BCUT2D eigenvalue weighted by molar-refractivity contribution is 6.06. The van der Waals surface area contributed by atoms with Crippen LogP contribution in [-0.4, -0.2) is 40.3 Å². The number of hydrogen-bond acceptors (Lipinski definition) is 4. The minimum Gasteiger partial charge on any atom is -0.350 e. The number of likely N-dealkylation sites (N-methyl/N-ethyl adjacent to an activating group) is 1. The maximum atomic E-state index is 12.9. The molecule has 1 aliphatic carbocycles. The van der Waals surface area contributed by atoms with Gasteiger partial charge >= 0.3 is 0 Å². The summed E-state index contributed by atoms with van der Waals surface area (Å²) in [4.78, 5) is 17.8. The van der Waals surface area contributed by atoms with Crippen molar-refractivity contribution < 1.29 is 4.79 Å². The number of nitrogens with zero attached hydrogens (tertiary/aromatic N) is 3. The molecule has 0 bridgehead atoms. The van der Waals surface area contributed by atoms with E-state index in [-0.39, 0.29) is 42.3 Å². The molecule has 2 N–H and O–H groups in total. The summed E-state index contributed by atoms with van der Waals surface area (Å²) in [6, 6.07) is 2.20. The van der Waals surface area contributed by atoms with E-state index < -0.39 is 0 Å². The van der Waals surface area contributed by atoms with Crippen LogP contribution in [0.15, 0.2) is 6.07 Å². The summed E-state index contributed by atoms with van der Waals surface area (Å²) in [6.45, 7) is 10.9. The molecule has 1 unspecified atom stereocenters. The molecular weight excluding hydrogens is 385 g/mol. The fourth-order valence-electron chi connectivity index (χ4n) is 2.99. The van der Waals surface area contributed by atoms with E-state index in [4.69, 9.17) is 10.1 Å². The van der Waals surface area contributed by atoms with Crippen LogP contribution in [0.3, 0.4) is 0 Å². The van der Waals surface area contributed by atoms with Gasteiger partial charge in [0.1, 0.15) is 0 Å². The third kappa shape index (κ3) is 4.92. The molecule has 1 atom stereocenters. The summed E-state index contributed by atoms with van der Waals surface area (Å²) >= 11 is 0. The van der Waals surface area contributed by atoms with Crippen LogP contribution in [0.5, 0.6) is 0 Å². The number of halogens is 2. The Kier molecular flexibility index (Phi) is 7.68. The standard InChI is InChI=1S/C19H29N5O.2ClH/c1-11(20-6)10-21-18(25)14-9-15(13-7-8-13)22-17-16(14)12(2)23-24(17)19(3,4)5;;/h9,11,13,20H,7-8,10H2,1-6H3,(H,21,25);2*1H. The summed E-state index contributed by atoms with van der Waals surface area (Å²) in [5, 5.41) is 11.7. The SMILES string of the molecule is CNC(C)CNC(=O)c1cc(C2CC2)nc2c1c(C)nn2C(C)(C)C.Cl.Cl. The quantitative estimate of drug-likeness (QED) is 0.782. The number of aromatic nitrogens is 3. The molecule has 1 aliphatic rings. The monoisotopic (exact) mass is 415 g/mol. The van der Waals surface area contributed by atoms with Crippen LogP contribution in [0, 0.1) is 6.92 Å². The van der Waals surface area contributed by atoms with Gasteiger partial charge in [-0.05, 0) is 60.6 Å². The normalized spacial score (nSPS) is 15.0. The van der Waals surface area contributed by atoms with Crippen molar-refractivity contribution in [2.24, 2.45) is 0 Å². The Bertz CT molecular complexity index is 809. The molecule has 8 heteroatoms. The van der Waals surface area contributed by atoms with Gasteiger partial charge in [-0.3, -0.25) is 4.79 Å². The molecule has 2 aromatic rings. The molecule has 2 aromatic heterocycles. The van der Waals surface area contributed by atoms with Crippen LogP contribution in [0.4, 0.5) is 0 Å². The molecule has 1 saturated carbocycles. The Balaban J connectivity index is 0.00000182. The first-order valence-electron chi connectivity index (χ1n) is 9.08. The third-order valence-electron chi connectivity index (χ3n) is 4.77. The molecule has 6 nitrogen and oxygen atoms in total. The second-order valence-corrected chi connectivity index (χ2v) is 8.14. The molecule has 3 rings (SSSR count). The minimum atomic E-state index is -0.184. The molecule has 1 fully saturated rings. The van der Waals surface area contributed by atoms with Crippen LogP contribution in [0.1, 0.15) is 68.2 Å². The number of pyridine rings is 1. The Labute approximate surface area is 173 Å². The van der Waals surface area contributed by atoms with E-state index >= 15 is 0 Å². The van der Waals surface area contributed by atoms with Crippen LogP contribution in [0.25, 0.3) is 11.0 Å². The molecule has 0 aliphatic heterocycles. The number of carbonyl (C=O) groups is 1. The second kappa shape index (κ2) is 8.76. The lowest BCUT2D eigenvalue weighted by molar-refractivity contribution is 0.0952. The smallest absolute Gasteiger partial charge is 0.252 e. The number of fused-ring (bicyclic) bond motifs is 1. The Morgan fingerprint density at radius 2 is 1.96 bits per heavy atom. The highest BCUT2D eigenvalue weighted by Crippen LogP contribution is 2.40. The third-order valence-corrected chi connectivity index (χ3v) is 4.77. The first-order valence-corrected chi connectivity index (χ1v) is 9.08. The van der Waals surface area contributed by atoms with Crippen molar-refractivity contribution in [3.63, 3.8) is 0 Å². The van der Waals surface area contributed by atoms with Crippen LogP contribution < -0.4 is 10.6 Å². The van der Waals surface area contributed by atoms with Gasteiger partial charge in [-0.15, -0.1) is 24.8 Å². The summed E-state index contributed by atoms with van der Waals surface area (Å²) < 4.78 is 1.95. The lowest BCUT2D eigenvalue weighted by Gasteiger charge is -2.20. The highest BCUT2D eigenvalue weighted by atomic mass is 35.5. The molecule has 0 saturated heterocycles. The summed E-state index contributed by atoms with van der Waals surface area (Å²) in [7, 11) is 1.89. The molecule has 0 spiro atoms. The van der Waals surface area contributed by atoms with Crippen molar-refractivity contribution in [3.05, 3.63) is 23.0 Å². The van der Waals surface area contributed by atoms with E-state index in [0.29, 0.717) is 18.0 Å². The van der Waals surface area contributed by atoms with Crippen molar-refractivity contribution >= 4 is 41.8 Å². The molecule has 1 amide bonds. The average Bonchev–Trinajstić information content (AvgIpc) is 3.34. The summed E-state index contributed by atoms with van der Waals surface area (Å²) in [6.07, 6.45) is 2.30. The van der Waals surface area contributed by atoms with Gasteiger partial charge in [-0.2, -0.15) is 5.10 Å². The van der Waals surface area contributed by atoms with Crippen molar-refractivity contribution in [2.45, 2.75) is 65.0 Å². The lowest BCUT2D eigenvalue weighted by atomic mass is 10.1. The zero-order valence-corrected chi connectivity index (χ0v) is 18.6. The van der Waals surface area contributed by atoms with Crippen molar-refractivity contribution in [1.29, 1.82) is 0 Å². The van der Waals surface area contributed by atoms with Gasteiger partial charge in [0.25, 0.3) is 5.91 Å². The molecule has 27 heavy (non-hydrogen) atoms. The fraction of sp³-hybridized carbons (Fsp3) is 0.632. The maximum absolute atomic E-state index is 12.9. The molecule has 0 aromatic carbocycles. The van der Waals surface area contributed by atoms with E-state index in [0.717, 1.165) is 35.3 Å². The molecule has 0 radical (unpaired) electrons. The number of carbonyl (C=O) groups excluding carboxylic acids is 1. The van der Waals surface area contributed by atoms with Gasteiger partial charge in [0.05, 0.1) is 22.2 Å². The Morgan fingerprint density at radius 3 is 2.48 bits per heavy atom. The zero-order valence-electron chi connectivity index (χ0n) is 16.9. The first-order chi connectivity index (χ1) is 11.7. The van der Waals surface area contributed by atoms with Crippen LogP contribution >= 0.6 is 24.8 Å².